The SMILES string of the molecule is Fc1ccc(NC(=S)NC2CC3C=CC2C3)cc1. The molecular weight excluding hydrogens is 247 g/mol. The average molecular weight is 262 g/mol. The molecule has 4 heteroatoms. The molecule has 3 unspecified atom stereocenters. The molecule has 0 aromatic heterocycles. The summed E-state index contributed by atoms with van der Waals surface area (Å²) < 4.78 is 12.8. The lowest BCUT2D eigenvalue weighted by Crippen LogP contribution is -2.40. The second-order valence-corrected chi connectivity index (χ2v) is 5.40. The van der Waals surface area contributed by atoms with E-state index >= 15 is 0 Å². The summed E-state index contributed by atoms with van der Waals surface area (Å²) in [7, 11) is 0. The van der Waals surface area contributed by atoms with Crippen LogP contribution in [0.5, 0.6) is 0 Å². The summed E-state index contributed by atoms with van der Waals surface area (Å²) in [5.74, 6) is 1.10. The van der Waals surface area contributed by atoms with Crippen LogP contribution in [0.4, 0.5) is 10.1 Å². The monoisotopic (exact) mass is 262 g/mol. The van der Waals surface area contributed by atoms with Gasteiger partial charge in [-0.05, 0) is 61.2 Å². The van der Waals surface area contributed by atoms with Crippen molar-refractivity contribution in [1.82, 2.24) is 5.32 Å². The van der Waals surface area contributed by atoms with Gasteiger partial charge in [0.1, 0.15) is 5.82 Å². The van der Waals surface area contributed by atoms with Gasteiger partial charge in [-0.3, -0.25) is 0 Å². The lowest BCUT2D eigenvalue weighted by atomic mass is 10.0. The Kier molecular flexibility index (Phi) is 3.04. The third-order valence-electron chi connectivity index (χ3n) is 3.70. The average Bonchev–Trinajstić information content (AvgIpc) is 2.94. The summed E-state index contributed by atoms with van der Waals surface area (Å²) in [5, 5.41) is 7.05. The number of hydrogen-bond donors (Lipinski definition) is 2. The first-order valence-electron chi connectivity index (χ1n) is 6.22. The second kappa shape index (κ2) is 4.69. The molecule has 2 N–H and O–H groups in total. The Balaban J connectivity index is 1.56. The van der Waals surface area contributed by atoms with Crippen molar-refractivity contribution in [3.63, 3.8) is 0 Å². The smallest absolute Gasteiger partial charge is 0.171 e. The molecule has 1 aromatic carbocycles. The number of fused-ring (bicyclic) bond motifs is 2. The van der Waals surface area contributed by atoms with Crippen LogP contribution in [-0.2, 0) is 0 Å². The number of thiocarbonyl (C=S) groups is 1. The molecular formula is C14H15FN2S. The molecule has 1 saturated carbocycles. The van der Waals surface area contributed by atoms with Crippen LogP contribution in [0.2, 0.25) is 0 Å². The number of nitrogens with one attached hydrogen (secondary N) is 2. The van der Waals surface area contributed by atoms with E-state index in [4.69, 9.17) is 12.2 Å². The van der Waals surface area contributed by atoms with Gasteiger partial charge in [0, 0.05) is 11.7 Å². The van der Waals surface area contributed by atoms with Crippen molar-refractivity contribution in [3.05, 3.63) is 42.2 Å². The minimum Gasteiger partial charge on any atom is -0.359 e. The van der Waals surface area contributed by atoms with Crippen LogP contribution in [0, 0.1) is 17.7 Å². The van der Waals surface area contributed by atoms with Crippen LogP contribution in [0.1, 0.15) is 12.8 Å². The van der Waals surface area contributed by atoms with Gasteiger partial charge in [0.15, 0.2) is 5.11 Å². The van der Waals surface area contributed by atoms with Gasteiger partial charge >= 0.3 is 0 Å². The van der Waals surface area contributed by atoms with Gasteiger partial charge in [-0.15, -0.1) is 0 Å². The lowest BCUT2D eigenvalue weighted by Gasteiger charge is -2.21. The second-order valence-electron chi connectivity index (χ2n) is 4.99. The van der Waals surface area contributed by atoms with E-state index in [1.807, 2.05) is 0 Å². The molecule has 0 amide bonds. The van der Waals surface area contributed by atoms with E-state index in [1.54, 1.807) is 12.1 Å². The Morgan fingerprint density at radius 3 is 2.56 bits per heavy atom. The number of halogens is 1. The zero-order chi connectivity index (χ0) is 12.5. The lowest BCUT2D eigenvalue weighted by molar-refractivity contribution is 0.526. The zero-order valence-electron chi connectivity index (χ0n) is 9.90. The number of rotatable bonds is 2. The fourth-order valence-electron chi connectivity index (χ4n) is 2.82. The molecule has 0 radical (unpaired) electrons. The van der Waals surface area contributed by atoms with Gasteiger partial charge < -0.3 is 10.6 Å². The van der Waals surface area contributed by atoms with E-state index in [9.17, 15) is 4.39 Å². The van der Waals surface area contributed by atoms with E-state index < -0.39 is 0 Å². The van der Waals surface area contributed by atoms with Gasteiger partial charge in [-0.25, -0.2) is 4.39 Å². The largest absolute Gasteiger partial charge is 0.359 e. The fraction of sp³-hybridized carbons (Fsp3) is 0.357. The van der Waals surface area contributed by atoms with Crippen LogP contribution in [0.15, 0.2) is 36.4 Å². The Labute approximate surface area is 111 Å². The fourth-order valence-corrected chi connectivity index (χ4v) is 3.08. The highest BCUT2D eigenvalue weighted by Gasteiger charge is 2.35. The van der Waals surface area contributed by atoms with E-state index in [1.165, 1.54) is 18.6 Å². The predicted molar refractivity (Wildman–Crippen MR) is 74.9 cm³/mol. The Hall–Kier alpha value is -1.42. The zero-order valence-corrected chi connectivity index (χ0v) is 10.7. The molecule has 18 heavy (non-hydrogen) atoms. The quantitative estimate of drug-likeness (QED) is 0.632. The molecule has 3 rings (SSSR count). The highest BCUT2D eigenvalue weighted by Crippen LogP contribution is 2.38. The highest BCUT2D eigenvalue weighted by atomic mass is 32.1. The Morgan fingerprint density at radius 1 is 1.17 bits per heavy atom. The van der Waals surface area contributed by atoms with Crippen LogP contribution < -0.4 is 10.6 Å². The van der Waals surface area contributed by atoms with Crippen molar-refractivity contribution < 1.29 is 4.39 Å². The molecule has 94 valence electrons. The summed E-state index contributed by atoms with van der Waals surface area (Å²) >= 11 is 5.28. The number of anilines is 1. The third kappa shape index (κ3) is 2.38. The number of allylic oxidation sites excluding steroid dienone is 1. The summed E-state index contributed by atoms with van der Waals surface area (Å²) in [6.07, 6.45) is 6.99. The molecule has 0 spiro atoms. The van der Waals surface area contributed by atoms with E-state index in [0.717, 1.165) is 18.0 Å². The van der Waals surface area contributed by atoms with Gasteiger partial charge in [0.05, 0.1) is 0 Å². The Bertz CT molecular complexity index is 483. The molecule has 3 atom stereocenters. The van der Waals surface area contributed by atoms with Gasteiger partial charge in [0.25, 0.3) is 0 Å². The van der Waals surface area contributed by atoms with E-state index in [-0.39, 0.29) is 5.82 Å². The summed E-state index contributed by atoms with van der Waals surface area (Å²) in [4.78, 5) is 0. The van der Waals surface area contributed by atoms with Crippen molar-refractivity contribution in [2.24, 2.45) is 11.8 Å². The third-order valence-corrected chi connectivity index (χ3v) is 3.92. The molecule has 1 fully saturated rings. The number of hydrogen-bond acceptors (Lipinski definition) is 1. The molecule has 2 nitrogen and oxygen atoms in total. The van der Waals surface area contributed by atoms with E-state index in [2.05, 4.69) is 22.8 Å². The van der Waals surface area contributed by atoms with Crippen molar-refractivity contribution >= 4 is 23.0 Å². The first-order valence-corrected chi connectivity index (χ1v) is 6.63. The van der Waals surface area contributed by atoms with Crippen LogP contribution >= 0.6 is 12.2 Å². The maximum absolute atomic E-state index is 12.8. The standard InChI is InChI=1S/C14H15FN2S/c15-11-3-5-12(6-4-11)16-14(18)17-13-8-9-1-2-10(13)7-9/h1-6,9-10,13H,7-8H2,(H2,16,17,18). The maximum atomic E-state index is 12.8. The summed E-state index contributed by atoms with van der Waals surface area (Å²) in [5.41, 5.74) is 0.813. The molecule has 0 heterocycles. The molecule has 2 aliphatic carbocycles. The highest BCUT2D eigenvalue weighted by molar-refractivity contribution is 7.80. The summed E-state index contributed by atoms with van der Waals surface area (Å²) in [6.45, 7) is 0. The minimum absolute atomic E-state index is 0.238. The molecule has 0 aliphatic heterocycles. The molecule has 2 bridgehead atoms. The van der Waals surface area contributed by atoms with Crippen LogP contribution in [0.25, 0.3) is 0 Å². The van der Waals surface area contributed by atoms with Crippen LogP contribution in [0.3, 0.4) is 0 Å². The molecule has 0 saturated heterocycles. The van der Waals surface area contributed by atoms with Gasteiger partial charge in [-0.1, -0.05) is 12.2 Å². The van der Waals surface area contributed by atoms with Gasteiger partial charge in [0.2, 0.25) is 0 Å². The predicted octanol–water partition coefficient (Wildman–Crippen LogP) is 3.08. The number of benzene rings is 1. The minimum atomic E-state index is -0.238. The first kappa shape index (κ1) is 11.7. The maximum Gasteiger partial charge on any atom is 0.171 e. The topological polar surface area (TPSA) is 24.1 Å². The van der Waals surface area contributed by atoms with E-state index in [0.29, 0.717) is 17.1 Å². The first-order chi connectivity index (χ1) is 8.70. The van der Waals surface area contributed by atoms with Crippen LogP contribution in [-0.4, -0.2) is 11.2 Å². The molecule has 2 aliphatic rings. The summed E-state index contributed by atoms with van der Waals surface area (Å²) in [6, 6.07) is 6.66. The Morgan fingerprint density at radius 2 is 1.94 bits per heavy atom. The van der Waals surface area contributed by atoms with Crippen molar-refractivity contribution in [3.8, 4) is 0 Å². The van der Waals surface area contributed by atoms with Crippen molar-refractivity contribution in [1.29, 1.82) is 0 Å². The van der Waals surface area contributed by atoms with Gasteiger partial charge in [-0.2, -0.15) is 0 Å². The normalized spacial score (nSPS) is 28.4. The van der Waals surface area contributed by atoms with Crippen molar-refractivity contribution in [2.45, 2.75) is 18.9 Å². The van der Waals surface area contributed by atoms with Crippen molar-refractivity contribution in [2.75, 3.05) is 5.32 Å². The molecule has 1 aromatic rings.